The fraction of sp³-hybridized carbons (Fsp3) is 0. The Morgan fingerprint density at radius 3 is 1.07 bits per heavy atom. The van der Waals surface area contributed by atoms with Crippen molar-refractivity contribution in [3.05, 3.63) is 152 Å². The number of rotatable bonds is 4. The lowest BCUT2D eigenvalue weighted by Crippen LogP contribution is -1.99. The molecule has 7 aromatic rings. The Labute approximate surface area is 240 Å². The van der Waals surface area contributed by atoms with E-state index in [2.05, 4.69) is 152 Å². The van der Waals surface area contributed by atoms with Crippen molar-refractivity contribution in [2.45, 2.75) is 0 Å². The zero-order valence-electron chi connectivity index (χ0n) is 22.5. The molecule has 0 heterocycles. The third kappa shape index (κ3) is 3.56. The standard InChI is InChI=1S/C40H27N/c41-33-25-24-32-38-30(33)22-13-23-31(38)39-36(28-18-9-3-10-19-28)34(26-14-5-1-6-15-26)35(27-16-7-2-8-17-27)37(40(32)39)29-20-11-4-12-21-29/h1-25H,41H2. The Hall–Kier alpha value is -5.40. The second-order valence-corrected chi connectivity index (χ2v) is 10.6. The first kappa shape index (κ1) is 23.5. The topological polar surface area (TPSA) is 26.0 Å². The summed E-state index contributed by atoms with van der Waals surface area (Å²) in [4.78, 5) is 0. The third-order valence-corrected chi connectivity index (χ3v) is 8.36. The van der Waals surface area contributed by atoms with Gasteiger partial charge < -0.3 is 5.73 Å². The predicted octanol–water partition coefficient (Wildman–Crippen LogP) is 10.7. The van der Waals surface area contributed by atoms with Gasteiger partial charge >= 0.3 is 0 Å². The molecule has 41 heavy (non-hydrogen) atoms. The first-order valence-electron chi connectivity index (χ1n) is 14.1. The molecule has 8 rings (SSSR count). The molecule has 1 nitrogen and oxygen atoms in total. The smallest absolute Gasteiger partial charge is 0.0394 e. The van der Waals surface area contributed by atoms with Crippen LogP contribution in [0.1, 0.15) is 0 Å². The molecule has 0 saturated carbocycles. The van der Waals surface area contributed by atoms with Crippen molar-refractivity contribution in [3.8, 4) is 66.8 Å². The monoisotopic (exact) mass is 521 g/mol. The maximum atomic E-state index is 6.60. The van der Waals surface area contributed by atoms with Crippen LogP contribution in [-0.2, 0) is 0 Å². The van der Waals surface area contributed by atoms with Crippen LogP contribution < -0.4 is 5.73 Å². The molecule has 0 atom stereocenters. The van der Waals surface area contributed by atoms with Crippen molar-refractivity contribution >= 4 is 16.5 Å². The normalized spacial score (nSPS) is 11.5. The molecule has 1 heteroatoms. The van der Waals surface area contributed by atoms with E-state index in [1.807, 2.05) is 0 Å². The van der Waals surface area contributed by atoms with E-state index in [4.69, 9.17) is 5.73 Å². The molecular formula is C40H27N. The van der Waals surface area contributed by atoms with E-state index in [0.717, 1.165) is 11.1 Å². The van der Waals surface area contributed by atoms with Gasteiger partial charge in [0.05, 0.1) is 0 Å². The Balaban J connectivity index is 1.69. The summed E-state index contributed by atoms with van der Waals surface area (Å²) in [5.41, 5.74) is 22.3. The summed E-state index contributed by atoms with van der Waals surface area (Å²) in [6.45, 7) is 0. The van der Waals surface area contributed by atoms with Crippen molar-refractivity contribution in [2.75, 3.05) is 5.73 Å². The molecule has 0 amide bonds. The number of anilines is 1. The number of nitrogen functional groups attached to an aromatic ring is 1. The van der Waals surface area contributed by atoms with Crippen LogP contribution in [0.4, 0.5) is 5.69 Å². The number of hydrogen-bond donors (Lipinski definition) is 1. The van der Waals surface area contributed by atoms with Gasteiger partial charge in [0.1, 0.15) is 0 Å². The highest BCUT2D eigenvalue weighted by molar-refractivity contribution is 6.26. The average molecular weight is 522 g/mol. The van der Waals surface area contributed by atoms with E-state index in [1.165, 1.54) is 72.1 Å². The minimum Gasteiger partial charge on any atom is -0.398 e. The Morgan fingerprint density at radius 1 is 0.293 bits per heavy atom. The lowest BCUT2D eigenvalue weighted by Gasteiger charge is -2.26. The minimum atomic E-state index is 0.812. The zero-order valence-corrected chi connectivity index (χ0v) is 22.5. The Morgan fingerprint density at radius 2 is 0.659 bits per heavy atom. The van der Waals surface area contributed by atoms with Gasteiger partial charge in [-0.3, -0.25) is 0 Å². The molecule has 192 valence electrons. The summed E-state index contributed by atoms with van der Waals surface area (Å²) >= 11 is 0. The van der Waals surface area contributed by atoms with Gasteiger partial charge in [-0.05, 0) is 78.2 Å². The van der Waals surface area contributed by atoms with Crippen LogP contribution in [-0.4, -0.2) is 0 Å². The van der Waals surface area contributed by atoms with Crippen LogP contribution in [0.2, 0.25) is 0 Å². The summed E-state index contributed by atoms with van der Waals surface area (Å²) in [5, 5.41) is 2.35. The van der Waals surface area contributed by atoms with E-state index in [1.54, 1.807) is 0 Å². The van der Waals surface area contributed by atoms with Crippen LogP contribution in [0.15, 0.2) is 152 Å². The van der Waals surface area contributed by atoms with Gasteiger partial charge in [0.2, 0.25) is 0 Å². The van der Waals surface area contributed by atoms with E-state index in [-0.39, 0.29) is 0 Å². The van der Waals surface area contributed by atoms with Crippen molar-refractivity contribution in [1.82, 2.24) is 0 Å². The number of nitrogens with two attached hydrogens (primary N) is 1. The summed E-state index contributed by atoms with van der Waals surface area (Å²) in [6.07, 6.45) is 0. The van der Waals surface area contributed by atoms with Crippen LogP contribution in [0.5, 0.6) is 0 Å². The maximum absolute atomic E-state index is 6.60. The fourth-order valence-corrected chi connectivity index (χ4v) is 6.71. The minimum absolute atomic E-state index is 0.812. The lowest BCUT2D eigenvalue weighted by atomic mass is 9.76. The van der Waals surface area contributed by atoms with Crippen LogP contribution in [0, 0.1) is 0 Å². The summed E-state index contributed by atoms with van der Waals surface area (Å²) in [7, 11) is 0. The van der Waals surface area contributed by atoms with E-state index < -0.39 is 0 Å². The average Bonchev–Trinajstić information content (AvgIpc) is 3.38. The van der Waals surface area contributed by atoms with Crippen molar-refractivity contribution in [3.63, 3.8) is 0 Å². The van der Waals surface area contributed by atoms with Crippen LogP contribution in [0.3, 0.4) is 0 Å². The fourth-order valence-electron chi connectivity index (χ4n) is 6.71. The molecule has 0 spiro atoms. The van der Waals surface area contributed by atoms with Gasteiger partial charge in [-0.2, -0.15) is 0 Å². The second-order valence-electron chi connectivity index (χ2n) is 10.6. The number of hydrogen-bond acceptors (Lipinski definition) is 1. The number of benzene rings is 7. The molecule has 0 bridgehead atoms. The largest absolute Gasteiger partial charge is 0.398 e. The molecular weight excluding hydrogens is 494 g/mol. The third-order valence-electron chi connectivity index (χ3n) is 8.36. The molecule has 0 aromatic heterocycles. The van der Waals surface area contributed by atoms with Gasteiger partial charge in [-0.15, -0.1) is 0 Å². The highest BCUT2D eigenvalue weighted by Crippen LogP contribution is 2.61. The predicted molar refractivity (Wildman–Crippen MR) is 175 cm³/mol. The SMILES string of the molecule is Nc1ccc2c3c(cccc13)-c1c(-c3ccccc3)c(-c3ccccc3)c(-c3ccccc3)c(-c3ccccc3)c1-2. The highest BCUT2D eigenvalue weighted by atomic mass is 14.6. The van der Waals surface area contributed by atoms with E-state index in [9.17, 15) is 0 Å². The second kappa shape index (κ2) is 9.36. The molecule has 1 aliphatic carbocycles. The van der Waals surface area contributed by atoms with Gasteiger partial charge in [-0.25, -0.2) is 0 Å². The Kier molecular flexibility index (Phi) is 5.36. The van der Waals surface area contributed by atoms with Crippen LogP contribution in [0.25, 0.3) is 77.5 Å². The highest BCUT2D eigenvalue weighted by Gasteiger charge is 2.33. The summed E-state index contributed by atoms with van der Waals surface area (Å²) in [6, 6.07) is 54.4. The molecule has 0 saturated heterocycles. The van der Waals surface area contributed by atoms with Crippen LogP contribution >= 0.6 is 0 Å². The molecule has 7 aromatic carbocycles. The maximum Gasteiger partial charge on any atom is 0.0394 e. The van der Waals surface area contributed by atoms with Crippen molar-refractivity contribution in [1.29, 1.82) is 0 Å². The first-order chi connectivity index (χ1) is 20.3. The summed E-state index contributed by atoms with van der Waals surface area (Å²) < 4.78 is 0. The quantitative estimate of drug-likeness (QED) is 0.229. The molecule has 1 aliphatic rings. The lowest BCUT2D eigenvalue weighted by molar-refractivity contribution is 1.54. The van der Waals surface area contributed by atoms with Crippen molar-refractivity contribution < 1.29 is 0 Å². The van der Waals surface area contributed by atoms with E-state index >= 15 is 0 Å². The molecule has 2 N–H and O–H groups in total. The summed E-state index contributed by atoms with van der Waals surface area (Å²) in [5.74, 6) is 0. The number of fused-ring (bicyclic) bond motifs is 3. The first-order valence-corrected chi connectivity index (χ1v) is 14.1. The van der Waals surface area contributed by atoms with Gasteiger partial charge in [0, 0.05) is 11.1 Å². The molecule has 0 fully saturated rings. The zero-order chi connectivity index (χ0) is 27.3. The van der Waals surface area contributed by atoms with Gasteiger partial charge in [0.15, 0.2) is 0 Å². The van der Waals surface area contributed by atoms with Crippen molar-refractivity contribution in [2.24, 2.45) is 0 Å². The molecule has 0 aliphatic heterocycles. The van der Waals surface area contributed by atoms with Gasteiger partial charge in [0.25, 0.3) is 0 Å². The van der Waals surface area contributed by atoms with Gasteiger partial charge in [-0.1, -0.05) is 146 Å². The van der Waals surface area contributed by atoms with E-state index in [0.29, 0.717) is 0 Å². The Bertz CT molecular complexity index is 1940. The molecule has 0 unspecified atom stereocenters. The molecule has 0 radical (unpaired) electrons.